The number of hydrogen-bond acceptors (Lipinski definition) is 2. The fourth-order valence-electron chi connectivity index (χ4n) is 3.75. The van der Waals surface area contributed by atoms with E-state index in [0.29, 0.717) is 24.9 Å². The first-order chi connectivity index (χ1) is 12.6. The summed E-state index contributed by atoms with van der Waals surface area (Å²) in [5.41, 5.74) is -0.764. The summed E-state index contributed by atoms with van der Waals surface area (Å²) in [6.07, 6.45) is -3.11. The molecule has 0 radical (unpaired) electrons. The van der Waals surface area contributed by atoms with Crippen LogP contribution in [0.1, 0.15) is 24.0 Å². The second-order valence-electron chi connectivity index (χ2n) is 7.69. The highest BCUT2D eigenvalue weighted by molar-refractivity contribution is 6.06. The standard InChI is InChI=1S/C18H23F3N4O2/c1-23-9-7-17(8-10-23)15(26)25(16(27)22-17)12-24(2)11-13-3-5-14(6-4-13)18(19,20)21/h3-6H,7-12H2,1-2H3,(H,22,27)/p+2. The third-order valence-corrected chi connectivity index (χ3v) is 5.42. The molecule has 2 heterocycles. The lowest BCUT2D eigenvalue weighted by atomic mass is 9.88. The zero-order chi connectivity index (χ0) is 19.8. The normalized spacial score (nSPS) is 27.1. The fraction of sp³-hybridized carbons (Fsp3) is 0.556. The van der Waals surface area contributed by atoms with E-state index in [9.17, 15) is 22.8 Å². The maximum atomic E-state index is 12.8. The van der Waals surface area contributed by atoms with Gasteiger partial charge in [0.2, 0.25) is 0 Å². The van der Waals surface area contributed by atoms with E-state index >= 15 is 0 Å². The van der Waals surface area contributed by atoms with Crippen molar-refractivity contribution in [3.05, 3.63) is 35.4 Å². The second kappa shape index (κ2) is 7.12. The number of quaternary nitrogens is 2. The van der Waals surface area contributed by atoms with Crippen LogP contribution in [0.4, 0.5) is 18.0 Å². The Morgan fingerprint density at radius 1 is 1.19 bits per heavy atom. The molecule has 1 atom stereocenters. The Balaban J connectivity index is 1.61. The molecule has 3 rings (SSSR count). The van der Waals surface area contributed by atoms with Crippen LogP contribution in [-0.4, -0.2) is 56.2 Å². The van der Waals surface area contributed by atoms with Crippen molar-refractivity contribution in [3.8, 4) is 0 Å². The molecule has 1 aromatic carbocycles. The Hall–Kier alpha value is -2.13. The zero-order valence-electron chi connectivity index (χ0n) is 15.4. The highest BCUT2D eigenvalue weighted by Gasteiger charge is 2.53. The van der Waals surface area contributed by atoms with Crippen LogP contribution in [-0.2, 0) is 17.5 Å². The minimum absolute atomic E-state index is 0.177. The van der Waals surface area contributed by atoms with Crippen molar-refractivity contribution in [2.24, 2.45) is 0 Å². The number of halogens is 3. The summed E-state index contributed by atoms with van der Waals surface area (Å²) in [4.78, 5) is 28.6. The number of benzene rings is 1. The van der Waals surface area contributed by atoms with Crippen molar-refractivity contribution in [3.63, 3.8) is 0 Å². The molecule has 0 bridgehead atoms. The van der Waals surface area contributed by atoms with Gasteiger partial charge in [0.25, 0.3) is 5.91 Å². The first-order valence-electron chi connectivity index (χ1n) is 9.03. The Bertz CT molecular complexity index is 712. The minimum atomic E-state index is -4.36. The molecule has 2 aliphatic rings. The molecule has 0 saturated carbocycles. The highest BCUT2D eigenvalue weighted by atomic mass is 19.4. The molecule has 9 heteroatoms. The third-order valence-electron chi connectivity index (χ3n) is 5.42. The van der Waals surface area contributed by atoms with Crippen LogP contribution in [0.15, 0.2) is 24.3 Å². The van der Waals surface area contributed by atoms with Crippen molar-refractivity contribution in [1.82, 2.24) is 10.2 Å². The van der Waals surface area contributed by atoms with E-state index in [-0.39, 0.29) is 18.6 Å². The molecule has 3 amide bonds. The molecule has 1 aromatic rings. The molecule has 148 valence electrons. The molecule has 0 aromatic heterocycles. The lowest BCUT2D eigenvalue weighted by molar-refractivity contribution is -0.901. The van der Waals surface area contributed by atoms with Gasteiger partial charge >= 0.3 is 12.2 Å². The molecule has 0 aliphatic carbocycles. The summed E-state index contributed by atoms with van der Waals surface area (Å²) < 4.78 is 37.9. The van der Waals surface area contributed by atoms with Crippen molar-refractivity contribution in [1.29, 1.82) is 0 Å². The average molecular weight is 386 g/mol. The molecular formula is C18H25F3N4O2+2. The summed E-state index contributed by atoms with van der Waals surface area (Å²) in [6.45, 7) is 2.24. The van der Waals surface area contributed by atoms with Gasteiger partial charge in [-0.15, -0.1) is 0 Å². The van der Waals surface area contributed by atoms with E-state index < -0.39 is 17.3 Å². The van der Waals surface area contributed by atoms with Gasteiger partial charge in [-0.25, -0.2) is 9.69 Å². The SMILES string of the molecule is C[NH+]1CCC2(CC1)NC(=O)N(C[NH+](C)Cc1ccc(C(F)(F)F)cc1)C2=O. The molecule has 2 fully saturated rings. The molecule has 2 saturated heterocycles. The summed E-state index contributed by atoms with van der Waals surface area (Å²) in [5, 5.41) is 2.87. The summed E-state index contributed by atoms with van der Waals surface area (Å²) >= 11 is 0. The van der Waals surface area contributed by atoms with E-state index in [0.717, 1.165) is 30.1 Å². The molecule has 1 spiro atoms. The van der Waals surface area contributed by atoms with Crippen molar-refractivity contribution < 1.29 is 32.6 Å². The van der Waals surface area contributed by atoms with Crippen molar-refractivity contribution in [2.45, 2.75) is 31.1 Å². The zero-order valence-corrected chi connectivity index (χ0v) is 15.4. The number of hydrogen-bond donors (Lipinski definition) is 3. The van der Waals surface area contributed by atoms with Gasteiger partial charge in [-0.1, -0.05) is 12.1 Å². The number of likely N-dealkylation sites (tertiary alicyclic amines) is 1. The quantitative estimate of drug-likeness (QED) is 0.598. The molecule has 27 heavy (non-hydrogen) atoms. The van der Waals surface area contributed by atoms with Gasteiger partial charge in [0.05, 0.1) is 32.7 Å². The molecular weight excluding hydrogens is 361 g/mol. The third kappa shape index (κ3) is 4.08. The van der Waals surface area contributed by atoms with Crippen molar-refractivity contribution >= 4 is 11.9 Å². The van der Waals surface area contributed by atoms with Gasteiger partial charge in [0, 0.05) is 18.4 Å². The number of rotatable bonds is 4. The van der Waals surface area contributed by atoms with Gasteiger partial charge in [-0.3, -0.25) is 4.79 Å². The maximum Gasteiger partial charge on any atom is 0.416 e. The molecule has 1 unspecified atom stereocenters. The monoisotopic (exact) mass is 386 g/mol. The van der Waals surface area contributed by atoms with Gasteiger partial charge in [0.15, 0.2) is 6.67 Å². The van der Waals surface area contributed by atoms with Crippen LogP contribution in [0.25, 0.3) is 0 Å². The summed E-state index contributed by atoms with van der Waals surface area (Å²) in [6, 6.07) is 4.57. The lowest BCUT2D eigenvalue weighted by Crippen LogP contribution is -3.11. The molecule has 2 aliphatic heterocycles. The van der Waals surface area contributed by atoms with E-state index in [1.54, 1.807) is 0 Å². The van der Waals surface area contributed by atoms with Gasteiger partial charge < -0.3 is 15.1 Å². The number of carbonyl (C=O) groups is 2. The van der Waals surface area contributed by atoms with E-state index in [1.165, 1.54) is 21.9 Å². The number of nitrogens with zero attached hydrogens (tertiary/aromatic N) is 1. The van der Waals surface area contributed by atoms with Crippen LogP contribution < -0.4 is 15.1 Å². The van der Waals surface area contributed by atoms with E-state index in [1.807, 2.05) is 7.05 Å². The van der Waals surface area contributed by atoms with Crippen LogP contribution in [0.5, 0.6) is 0 Å². The van der Waals surface area contributed by atoms with Crippen LogP contribution >= 0.6 is 0 Å². The predicted molar refractivity (Wildman–Crippen MR) is 90.9 cm³/mol. The Morgan fingerprint density at radius 3 is 2.33 bits per heavy atom. The number of imide groups is 1. The summed E-state index contributed by atoms with van der Waals surface area (Å²) in [7, 11) is 3.87. The fourth-order valence-corrected chi connectivity index (χ4v) is 3.75. The van der Waals surface area contributed by atoms with Crippen LogP contribution in [0, 0.1) is 0 Å². The topological polar surface area (TPSA) is 58.3 Å². The Labute approximate surface area is 155 Å². The van der Waals surface area contributed by atoms with Gasteiger partial charge in [0.1, 0.15) is 12.1 Å². The first-order valence-corrected chi connectivity index (χ1v) is 9.03. The number of urea groups is 1. The number of nitrogens with one attached hydrogen (secondary N) is 3. The Morgan fingerprint density at radius 2 is 1.78 bits per heavy atom. The van der Waals surface area contributed by atoms with E-state index in [4.69, 9.17) is 0 Å². The Kier molecular flexibility index (Phi) is 5.18. The lowest BCUT2D eigenvalue weighted by Gasteiger charge is -2.33. The number of carbonyl (C=O) groups excluding carboxylic acids is 2. The first kappa shape index (κ1) is 19.6. The van der Waals surface area contributed by atoms with E-state index in [2.05, 4.69) is 12.4 Å². The van der Waals surface area contributed by atoms with Gasteiger partial charge in [-0.05, 0) is 12.1 Å². The maximum absolute atomic E-state index is 12.8. The number of alkyl halides is 3. The van der Waals surface area contributed by atoms with Crippen molar-refractivity contribution in [2.75, 3.05) is 33.9 Å². The largest absolute Gasteiger partial charge is 0.416 e. The summed E-state index contributed by atoms with van der Waals surface area (Å²) in [5.74, 6) is -0.188. The van der Waals surface area contributed by atoms with Gasteiger partial charge in [-0.2, -0.15) is 13.2 Å². The number of piperidine rings is 1. The predicted octanol–water partition coefficient (Wildman–Crippen LogP) is -0.723. The second-order valence-corrected chi connectivity index (χ2v) is 7.69. The van der Waals surface area contributed by atoms with Crippen LogP contribution in [0.3, 0.4) is 0 Å². The molecule has 3 N–H and O–H groups in total. The minimum Gasteiger partial charge on any atom is -0.337 e. The van der Waals surface area contributed by atoms with Crippen LogP contribution in [0.2, 0.25) is 0 Å². The smallest absolute Gasteiger partial charge is 0.337 e. The highest BCUT2D eigenvalue weighted by Crippen LogP contribution is 2.29. The molecule has 6 nitrogen and oxygen atoms in total. The average Bonchev–Trinajstić information content (AvgIpc) is 2.82. The number of amides is 3.